The van der Waals surface area contributed by atoms with Gasteiger partial charge in [0.15, 0.2) is 0 Å². The summed E-state index contributed by atoms with van der Waals surface area (Å²) in [5, 5.41) is 23.8. The summed E-state index contributed by atoms with van der Waals surface area (Å²) in [4.78, 5) is 10.5. The molecule has 38 heavy (non-hydrogen) atoms. The Bertz CT molecular complexity index is 1360. The number of aromatic nitrogens is 4. The zero-order chi connectivity index (χ0) is 26.7. The quantitative estimate of drug-likeness (QED) is 0.313. The third-order valence-electron chi connectivity index (χ3n) is 8.28. The second kappa shape index (κ2) is 9.41. The molecule has 4 heterocycles. The van der Waals surface area contributed by atoms with E-state index in [-0.39, 0.29) is 23.4 Å². The molecular weight excluding hydrogens is 506 g/mol. The fraction of sp³-hybridized carbons (Fsp3) is 0.500. The van der Waals surface area contributed by atoms with E-state index in [1.807, 2.05) is 13.2 Å². The van der Waals surface area contributed by atoms with Gasteiger partial charge in [-0.25, -0.2) is 14.4 Å². The lowest BCUT2D eigenvalue weighted by Crippen LogP contribution is -2.73. The first-order valence-corrected chi connectivity index (χ1v) is 14.4. The van der Waals surface area contributed by atoms with Gasteiger partial charge in [-0.3, -0.25) is 0 Å². The van der Waals surface area contributed by atoms with Crippen molar-refractivity contribution in [1.29, 1.82) is 0 Å². The highest BCUT2D eigenvalue weighted by atomic mass is 32.2. The Morgan fingerprint density at radius 3 is 2.61 bits per heavy atom. The molecule has 0 amide bonds. The summed E-state index contributed by atoms with van der Waals surface area (Å²) in [6.45, 7) is 4.20. The molecule has 1 aromatic carbocycles. The summed E-state index contributed by atoms with van der Waals surface area (Å²) in [7, 11) is 0. The predicted molar refractivity (Wildman–Crippen MR) is 144 cm³/mol. The molecule has 0 unspecified atom stereocenters. The number of pyridine rings is 1. The van der Waals surface area contributed by atoms with Crippen molar-refractivity contribution in [3.63, 3.8) is 0 Å². The van der Waals surface area contributed by atoms with Crippen LogP contribution in [0.3, 0.4) is 0 Å². The Hall–Kier alpha value is -2.85. The Labute approximate surface area is 225 Å². The van der Waals surface area contributed by atoms with E-state index in [9.17, 15) is 9.50 Å². The Balaban J connectivity index is 1.28. The molecule has 1 aliphatic carbocycles. The highest BCUT2D eigenvalue weighted by Gasteiger charge is 2.56. The third-order valence-corrected chi connectivity index (χ3v) is 8.91. The van der Waals surface area contributed by atoms with Gasteiger partial charge in [-0.2, -0.15) is 4.39 Å². The van der Waals surface area contributed by atoms with Gasteiger partial charge in [-0.1, -0.05) is 6.07 Å². The number of rotatable bonds is 6. The van der Waals surface area contributed by atoms with E-state index in [2.05, 4.69) is 37.3 Å². The van der Waals surface area contributed by atoms with E-state index in [4.69, 9.17) is 0 Å². The van der Waals surface area contributed by atoms with Crippen molar-refractivity contribution in [2.75, 3.05) is 11.2 Å². The van der Waals surface area contributed by atoms with Crippen LogP contribution in [0.1, 0.15) is 52.4 Å². The number of phenols is 1. The van der Waals surface area contributed by atoms with Crippen LogP contribution in [0.15, 0.2) is 41.6 Å². The van der Waals surface area contributed by atoms with Crippen molar-refractivity contribution in [2.45, 2.75) is 86.7 Å². The van der Waals surface area contributed by atoms with E-state index < -0.39 is 17.7 Å². The molecule has 6 rings (SSSR count). The fourth-order valence-electron chi connectivity index (χ4n) is 6.37. The molecular formula is C28H32F2N6OS. The molecule has 2 aromatic heterocycles. The standard InChI is InChI=1S/C28H32F2N6OS/c1-27-9-4-10-28(2,35-27)25(30)21(14-27)36(18-6-7-18)26-31-15-20(33-34-26)19-8-5-16(11-22(19)37)17-12-23(29)32-24(13-17)38-3/h5,8,11-13,15,18,21,25,35,37H,4,6-7,9-10,14H2,1-3H3/t21-,25-,27-,28+/m1/s1. The third kappa shape index (κ3) is 4.62. The molecule has 2 saturated heterocycles. The SMILES string of the molecule is CSc1cc(-c2ccc(-c3cnc(N(C4CC4)[C@@H]4C[C@@]5(C)CCC[C@](C)(N5)[C@@H]4F)nn3)c(O)c2)cc(F)n1. The van der Waals surface area contributed by atoms with Crippen molar-refractivity contribution in [2.24, 2.45) is 0 Å². The normalized spacial score (nSPS) is 28.8. The number of hydrogen-bond donors (Lipinski definition) is 2. The van der Waals surface area contributed by atoms with E-state index in [1.54, 1.807) is 30.5 Å². The lowest BCUT2D eigenvalue weighted by Gasteiger charge is -2.57. The second-order valence-electron chi connectivity index (χ2n) is 11.4. The van der Waals surface area contributed by atoms with Gasteiger partial charge in [-0.05, 0) is 88.0 Å². The van der Waals surface area contributed by atoms with Gasteiger partial charge < -0.3 is 15.3 Å². The van der Waals surface area contributed by atoms with Crippen LogP contribution in [-0.4, -0.2) is 60.9 Å². The van der Waals surface area contributed by atoms with Crippen molar-refractivity contribution < 1.29 is 13.9 Å². The average Bonchev–Trinajstić information content (AvgIpc) is 3.72. The number of piperidine rings is 2. The number of aromatic hydroxyl groups is 1. The lowest BCUT2D eigenvalue weighted by atomic mass is 9.68. The number of benzene rings is 1. The van der Waals surface area contributed by atoms with Gasteiger partial charge in [0, 0.05) is 28.7 Å². The molecule has 2 aliphatic heterocycles. The van der Waals surface area contributed by atoms with Crippen LogP contribution in [0, 0.1) is 5.95 Å². The van der Waals surface area contributed by atoms with Crippen LogP contribution >= 0.6 is 11.8 Å². The molecule has 1 saturated carbocycles. The van der Waals surface area contributed by atoms with Crippen molar-refractivity contribution >= 4 is 17.7 Å². The van der Waals surface area contributed by atoms with E-state index >= 15 is 4.39 Å². The molecule has 10 heteroatoms. The van der Waals surface area contributed by atoms with E-state index in [1.165, 1.54) is 17.8 Å². The van der Waals surface area contributed by atoms with Crippen LogP contribution in [0.25, 0.3) is 22.4 Å². The summed E-state index contributed by atoms with van der Waals surface area (Å²) in [6.07, 6.45) is 7.93. The molecule has 3 aromatic rings. The predicted octanol–water partition coefficient (Wildman–Crippen LogP) is 5.54. The van der Waals surface area contributed by atoms with E-state index in [0.29, 0.717) is 39.8 Å². The minimum Gasteiger partial charge on any atom is -0.507 e. The van der Waals surface area contributed by atoms with Gasteiger partial charge in [0.25, 0.3) is 0 Å². The van der Waals surface area contributed by atoms with Crippen molar-refractivity contribution in [1.82, 2.24) is 25.5 Å². The summed E-state index contributed by atoms with van der Waals surface area (Å²) in [5.74, 6) is -0.148. The molecule has 2 bridgehead atoms. The zero-order valence-corrected chi connectivity index (χ0v) is 22.6. The van der Waals surface area contributed by atoms with Crippen molar-refractivity contribution in [3.8, 4) is 28.1 Å². The minimum absolute atomic E-state index is 0.0100. The number of anilines is 1. The molecule has 3 fully saturated rings. The van der Waals surface area contributed by atoms with Crippen LogP contribution < -0.4 is 10.2 Å². The van der Waals surface area contributed by atoms with Gasteiger partial charge >= 0.3 is 0 Å². The number of nitrogens with one attached hydrogen (secondary N) is 1. The molecule has 3 aliphatic rings. The van der Waals surface area contributed by atoms with Crippen LogP contribution in [0.2, 0.25) is 0 Å². The largest absolute Gasteiger partial charge is 0.507 e. The van der Waals surface area contributed by atoms with Gasteiger partial charge in [0.1, 0.15) is 17.6 Å². The van der Waals surface area contributed by atoms with Crippen LogP contribution in [0.4, 0.5) is 14.7 Å². The molecule has 0 radical (unpaired) electrons. The number of phenolic OH excluding ortho intramolecular Hbond substituents is 1. The second-order valence-corrected chi connectivity index (χ2v) is 12.2. The Morgan fingerprint density at radius 1 is 1.11 bits per heavy atom. The topological polar surface area (TPSA) is 87.1 Å². The maximum absolute atomic E-state index is 16.0. The average molecular weight is 539 g/mol. The summed E-state index contributed by atoms with van der Waals surface area (Å²) >= 11 is 1.35. The van der Waals surface area contributed by atoms with Crippen LogP contribution in [-0.2, 0) is 0 Å². The van der Waals surface area contributed by atoms with Gasteiger partial charge in [0.05, 0.1) is 17.3 Å². The number of hydrogen-bond acceptors (Lipinski definition) is 8. The first-order chi connectivity index (χ1) is 18.2. The number of fused-ring (bicyclic) bond motifs is 2. The maximum atomic E-state index is 16.0. The molecule has 2 N–H and O–H groups in total. The lowest BCUT2D eigenvalue weighted by molar-refractivity contribution is 0.0000874. The summed E-state index contributed by atoms with van der Waals surface area (Å²) < 4.78 is 29.9. The van der Waals surface area contributed by atoms with E-state index in [0.717, 1.165) is 32.1 Å². The van der Waals surface area contributed by atoms with Crippen molar-refractivity contribution in [3.05, 3.63) is 42.5 Å². The Morgan fingerprint density at radius 2 is 1.92 bits per heavy atom. The number of halogens is 2. The highest BCUT2D eigenvalue weighted by Crippen LogP contribution is 2.46. The molecule has 200 valence electrons. The number of nitrogens with zero attached hydrogens (tertiary/aromatic N) is 5. The Kier molecular flexibility index (Phi) is 6.30. The number of alkyl halides is 1. The zero-order valence-electron chi connectivity index (χ0n) is 21.8. The molecule has 4 atom stereocenters. The van der Waals surface area contributed by atoms with Gasteiger partial charge in [-0.15, -0.1) is 22.0 Å². The summed E-state index contributed by atoms with van der Waals surface area (Å²) in [6, 6.07) is 8.11. The smallest absolute Gasteiger partial charge is 0.245 e. The maximum Gasteiger partial charge on any atom is 0.245 e. The van der Waals surface area contributed by atoms with Crippen LogP contribution in [0.5, 0.6) is 5.75 Å². The monoisotopic (exact) mass is 538 g/mol. The summed E-state index contributed by atoms with van der Waals surface area (Å²) in [5.41, 5.74) is 1.50. The minimum atomic E-state index is -1.04. The molecule has 7 nitrogen and oxygen atoms in total. The fourth-order valence-corrected chi connectivity index (χ4v) is 6.79. The molecule has 0 spiro atoms. The number of thioether (sulfide) groups is 1. The van der Waals surface area contributed by atoms with Gasteiger partial charge in [0.2, 0.25) is 11.9 Å². The first kappa shape index (κ1) is 25.4. The first-order valence-electron chi connectivity index (χ1n) is 13.1. The highest BCUT2D eigenvalue weighted by molar-refractivity contribution is 7.98.